The molecule has 6 heteroatoms. The second-order valence-electron chi connectivity index (χ2n) is 8.09. The molecule has 2 heterocycles. The van der Waals surface area contributed by atoms with Crippen molar-refractivity contribution in [3.05, 3.63) is 35.4 Å². The van der Waals surface area contributed by atoms with Crippen molar-refractivity contribution in [2.24, 2.45) is 11.8 Å². The number of rotatable bonds is 5. The van der Waals surface area contributed by atoms with Gasteiger partial charge in [-0.05, 0) is 55.2 Å². The van der Waals surface area contributed by atoms with Gasteiger partial charge in [0.15, 0.2) is 0 Å². The number of carbonyl (C=O) groups is 1. The van der Waals surface area contributed by atoms with E-state index in [1.807, 2.05) is 13.8 Å². The molecule has 0 aliphatic carbocycles. The van der Waals surface area contributed by atoms with Crippen LogP contribution in [0.3, 0.4) is 0 Å². The molecule has 2 fully saturated rings. The van der Waals surface area contributed by atoms with Crippen LogP contribution in [0.5, 0.6) is 0 Å². The van der Waals surface area contributed by atoms with E-state index in [1.54, 1.807) is 6.07 Å². The van der Waals surface area contributed by atoms with Gasteiger partial charge < -0.3 is 10.6 Å². The molecule has 1 amide bonds. The average Bonchev–Trinajstić information content (AvgIpc) is 2.90. The molecule has 26 heavy (non-hydrogen) atoms. The van der Waals surface area contributed by atoms with Crippen LogP contribution in [-0.2, 0) is 11.0 Å². The Morgan fingerprint density at radius 1 is 1.23 bits per heavy atom. The van der Waals surface area contributed by atoms with Crippen molar-refractivity contribution in [1.29, 1.82) is 0 Å². The summed E-state index contributed by atoms with van der Waals surface area (Å²) >= 11 is 0. The van der Waals surface area contributed by atoms with Crippen LogP contribution in [-0.4, -0.2) is 18.0 Å². The van der Waals surface area contributed by atoms with Crippen molar-refractivity contribution in [2.45, 2.75) is 70.3 Å². The van der Waals surface area contributed by atoms with E-state index >= 15 is 0 Å². The number of benzene rings is 1. The number of fused-ring (bicyclic) bond motifs is 2. The lowest BCUT2D eigenvalue weighted by Gasteiger charge is -2.30. The van der Waals surface area contributed by atoms with Crippen molar-refractivity contribution < 1.29 is 18.0 Å². The van der Waals surface area contributed by atoms with Crippen LogP contribution in [0.1, 0.15) is 63.1 Å². The van der Waals surface area contributed by atoms with Gasteiger partial charge in [-0.25, -0.2) is 0 Å². The third-order valence-corrected chi connectivity index (χ3v) is 5.60. The minimum Gasteiger partial charge on any atom is -0.349 e. The molecule has 3 unspecified atom stereocenters. The summed E-state index contributed by atoms with van der Waals surface area (Å²) in [5.74, 6) is 0.308. The van der Waals surface area contributed by atoms with Crippen molar-refractivity contribution in [3.63, 3.8) is 0 Å². The molecule has 2 bridgehead atoms. The van der Waals surface area contributed by atoms with E-state index in [9.17, 15) is 18.0 Å². The first-order valence-electron chi connectivity index (χ1n) is 9.45. The molecule has 2 saturated heterocycles. The Morgan fingerprint density at radius 3 is 2.46 bits per heavy atom. The Morgan fingerprint density at radius 2 is 1.88 bits per heavy atom. The molecular formula is C20H27F3N2O. The summed E-state index contributed by atoms with van der Waals surface area (Å²) in [4.78, 5) is 12.6. The zero-order valence-corrected chi connectivity index (χ0v) is 15.3. The Balaban J connectivity index is 1.66. The van der Waals surface area contributed by atoms with Gasteiger partial charge in [-0.3, -0.25) is 4.79 Å². The maximum atomic E-state index is 13.0. The number of piperidine rings is 1. The van der Waals surface area contributed by atoms with Crippen LogP contribution in [0.2, 0.25) is 0 Å². The van der Waals surface area contributed by atoms with Crippen LogP contribution in [0, 0.1) is 11.8 Å². The van der Waals surface area contributed by atoms with Crippen LogP contribution < -0.4 is 10.6 Å². The molecular weight excluding hydrogens is 341 g/mol. The second kappa shape index (κ2) is 7.59. The third-order valence-electron chi connectivity index (χ3n) is 5.60. The van der Waals surface area contributed by atoms with Gasteiger partial charge in [0.1, 0.15) is 0 Å². The summed E-state index contributed by atoms with van der Waals surface area (Å²) in [5.41, 5.74) is -0.168. The molecule has 0 aromatic heterocycles. The normalized spacial score (nSPS) is 26.8. The predicted molar refractivity (Wildman–Crippen MR) is 94.5 cm³/mol. The summed E-state index contributed by atoms with van der Waals surface area (Å²) in [6.07, 6.45) is 0.468. The minimum absolute atomic E-state index is 0.00615. The van der Waals surface area contributed by atoms with Gasteiger partial charge in [-0.2, -0.15) is 13.2 Å². The van der Waals surface area contributed by atoms with Gasteiger partial charge in [-0.15, -0.1) is 0 Å². The Bertz CT molecular complexity index is 632. The molecule has 0 saturated carbocycles. The number of nitrogens with one attached hydrogen (secondary N) is 2. The Labute approximate surface area is 152 Å². The van der Waals surface area contributed by atoms with Crippen LogP contribution in [0.25, 0.3) is 0 Å². The number of hydrogen-bond acceptors (Lipinski definition) is 2. The average molecular weight is 368 g/mol. The fourth-order valence-electron chi connectivity index (χ4n) is 4.38. The molecule has 3 rings (SSSR count). The summed E-state index contributed by atoms with van der Waals surface area (Å²) < 4.78 is 39.0. The Hall–Kier alpha value is -1.56. The molecule has 2 aliphatic heterocycles. The maximum absolute atomic E-state index is 13.0. The number of hydrogen-bond donors (Lipinski definition) is 2. The lowest BCUT2D eigenvalue weighted by molar-refractivity contribution is -0.137. The molecule has 0 radical (unpaired) electrons. The van der Waals surface area contributed by atoms with Crippen molar-refractivity contribution >= 4 is 5.91 Å². The highest BCUT2D eigenvalue weighted by Crippen LogP contribution is 2.34. The smallest absolute Gasteiger partial charge is 0.349 e. The quantitative estimate of drug-likeness (QED) is 0.807. The topological polar surface area (TPSA) is 41.1 Å². The summed E-state index contributed by atoms with van der Waals surface area (Å²) in [7, 11) is 0. The van der Waals surface area contributed by atoms with Crippen LogP contribution in [0.4, 0.5) is 13.2 Å². The van der Waals surface area contributed by atoms with Crippen LogP contribution in [0.15, 0.2) is 24.3 Å². The van der Waals surface area contributed by atoms with Gasteiger partial charge in [0.2, 0.25) is 5.91 Å². The highest BCUT2D eigenvalue weighted by Gasteiger charge is 2.35. The summed E-state index contributed by atoms with van der Waals surface area (Å²) in [5, 5.41) is 6.54. The predicted octanol–water partition coefficient (Wildman–Crippen LogP) is 4.44. The minimum atomic E-state index is -4.38. The van der Waals surface area contributed by atoms with E-state index in [0.29, 0.717) is 30.0 Å². The zero-order valence-electron chi connectivity index (χ0n) is 15.3. The lowest BCUT2D eigenvalue weighted by atomic mass is 9.88. The van der Waals surface area contributed by atoms with E-state index < -0.39 is 17.8 Å². The first-order chi connectivity index (χ1) is 12.2. The van der Waals surface area contributed by atoms with E-state index in [1.165, 1.54) is 18.9 Å². The van der Waals surface area contributed by atoms with E-state index in [4.69, 9.17) is 0 Å². The molecule has 1 aromatic rings. The van der Waals surface area contributed by atoms with E-state index in [0.717, 1.165) is 25.0 Å². The molecule has 2 aliphatic rings. The van der Waals surface area contributed by atoms with Crippen molar-refractivity contribution in [2.75, 3.05) is 0 Å². The third kappa shape index (κ3) is 4.58. The fourth-order valence-corrected chi connectivity index (χ4v) is 4.38. The molecule has 3 nitrogen and oxygen atoms in total. The molecule has 0 spiro atoms. The highest BCUT2D eigenvalue weighted by atomic mass is 19.4. The largest absolute Gasteiger partial charge is 0.416 e. The molecule has 2 N–H and O–H groups in total. The van der Waals surface area contributed by atoms with Gasteiger partial charge >= 0.3 is 6.18 Å². The SMILES string of the molecule is CC(C)C(NC(=O)CC1CC2CCC(C1)N2)c1cccc(C(F)(F)F)c1. The van der Waals surface area contributed by atoms with Gasteiger partial charge in [-0.1, -0.05) is 26.0 Å². The van der Waals surface area contributed by atoms with Crippen molar-refractivity contribution in [1.82, 2.24) is 10.6 Å². The fraction of sp³-hybridized carbons (Fsp3) is 0.650. The summed E-state index contributed by atoms with van der Waals surface area (Å²) in [6.45, 7) is 3.83. The maximum Gasteiger partial charge on any atom is 0.416 e. The number of carbonyl (C=O) groups excluding carboxylic acids is 1. The Kier molecular flexibility index (Phi) is 5.61. The monoisotopic (exact) mass is 368 g/mol. The number of amides is 1. The first kappa shape index (κ1) is 19.2. The highest BCUT2D eigenvalue weighted by molar-refractivity contribution is 5.76. The summed E-state index contributed by atoms with van der Waals surface area (Å²) in [6, 6.07) is 5.91. The van der Waals surface area contributed by atoms with Crippen LogP contribution >= 0.6 is 0 Å². The zero-order chi connectivity index (χ0) is 18.9. The van der Waals surface area contributed by atoms with Gasteiger partial charge in [0.25, 0.3) is 0 Å². The van der Waals surface area contributed by atoms with E-state index in [2.05, 4.69) is 10.6 Å². The molecule has 144 valence electrons. The number of halogens is 3. The molecule has 3 atom stereocenters. The first-order valence-corrected chi connectivity index (χ1v) is 9.45. The van der Waals surface area contributed by atoms with Crippen molar-refractivity contribution in [3.8, 4) is 0 Å². The van der Waals surface area contributed by atoms with Gasteiger partial charge in [0.05, 0.1) is 11.6 Å². The number of alkyl halides is 3. The lowest BCUT2D eigenvalue weighted by Crippen LogP contribution is -2.40. The van der Waals surface area contributed by atoms with Gasteiger partial charge in [0, 0.05) is 18.5 Å². The van der Waals surface area contributed by atoms with E-state index in [-0.39, 0.29) is 11.8 Å². The second-order valence-corrected chi connectivity index (χ2v) is 8.09. The molecule has 1 aromatic carbocycles. The standard InChI is InChI=1S/C20H27F3N2O/c1-12(2)19(14-4-3-5-15(11-14)20(21,22)23)25-18(26)10-13-8-16-6-7-17(9-13)24-16/h3-5,11-13,16-17,19,24H,6-10H2,1-2H3,(H,25,26).